The molecule has 0 saturated carbocycles. The van der Waals surface area contributed by atoms with Gasteiger partial charge in [-0.15, -0.1) is 0 Å². The van der Waals surface area contributed by atoms with Crippen LogP contribution in [0.1, 0.15) is 10.5 Å². The van der Waals surface area contributed by atoms with E-state index in [1.54, 1.807) is 24.3 Å². The molecule has 2 aromatic rings. The van der Waals surface area contributed by atoms with Crippen molar-refractivity contribution in [3.63, 3.8) is 0 Å². The Labute approximate surface area is 130 Å². The van der Waals surface area contributed by atoms with Gasteiger partial charge in [0.1, 0.15) is 18.0 Å². The number of aromatic nitrogens is 1. The highest BCUT2D eigenvalue weighted by atomic mass is 35.5. The largest absolute Gasteiger partial charge is 0.505 e. The van der Waals surface area contributed by atoms with Gasteiger partial charge < -0.3 is 20.3 Å². The zero-order valence-corrected chi connectivity index (χ0v) is 11.9. The maximum Gasteiger partial charge on any atom is 0.322 e. The van der Waals surface area contributed by atoms with Crippen molar-refractivity contribution in [2.45, 2.75) is 0 Å². The Morgan fingerprint density at radius 2 is 1.91 bits per heavy atom. The highest BCUT2D eigenvalue weighted by Gasteiger charge is 2.15. The monoisotopic (exact) mass is 322 g/mol. The molecule has 0 fully saturated rings. The maximum atomic E-state index is 11.6. The quantitative estimate of drug-likeness (QED) is 0.777. The highest BCUT2D eigenvalue weighted by Crippen LogP contribution is 2.26. The van der Waals surface area contributed by atoms with Crippen LogP contribution in [0.2, 0.25) is 5.02 Å². The van der Waals surface area contributed by atoms with E-state index in [-0.39, 0.29) is 11.4 Å². The normalized spacial score (nSPS) is 10.0. The maximum absolute atomic E-state index is 11.6. The van der Waals surface area contributed by atoms with Crippen LogP contribution in [0.5, 0.6) is 17.2 Å². The van der Waals surface area contributed by atoms with Crippen molar-refractivity contribution < 1.29 is 24.5 Å². The van der Waals surface area contributed by atoms with E-state index in [0.717, 1.165) is 0 Å². The van der Waals surface area contributed by atoms with Crippen LogP contribution in [-0.4, -0.2) is 33.6 Å². The minimum absolute atomic E-state index is 0.217. The Kier molecular flexibility index (Phi) is 4.80. The van der Waals surface area contributed by atoms with Gasteiger partial charge in [0, 0.05) is 11.1 Å². The number of aromatic hydroxyl groups is 1. The van der Waals surface area contributed by atoms with Crippen LogP contribution in [0.3, 0.4) is 0 Å². The number of hydrogen-bond donors (Lipinski definition) is 3. The molecule has 1 aromatic heterocycles. The van der Waals surface area contributed by atoms with Crippen molar-refractivity contribution in [2.75, 3.05) is 6.54 Å². The van der Waals surface area contributed by atoms with Gasteiger partial charge in [-0.2, -0.15) is 0 Å². The number of benzene rings is 1. The number of pyridine rings is 1. The third-order valence-electron chi connectivity index (χ3n) is 2.51. The summed E-state index contributed by atoms with van der Waals surface area (Å²) in [7, 11) is 0. The van der Waals surface area contributed by atoms with E-state index in [4.69, 9.17) is 21.4 Å². The van der Waals surface area contributed by atoms with Gasteiger partial charge in [0.25, 0.3) is 5.91 Å². The third-order valence-corrected chi connectivity index (χ3v) is 2.76. The topological polar surface area (TPSA) is 109 Å². The number of carboxylic acids is 1. The molecule has 1 aromatic carbocycles. The standard InChI is InChI=1S/C14H11ClN2O5/c15-8-1-3-9(4-2-8)22-10-5-11(18)13(16-6-10)14(21)17-7-12(19)20/h1-6,18H,7H2,(H,17,21)(H,19,20). The predicted molar refractivity (Wildman–Crippen MR) is 77.4 cm³/mol. The minimum Gasteiger partial charge on any atom is -0.505 e. The summed E-state index contributed by atoms with van der Waals surface area (Å²) in [4.78, 5) is 25.8. The van der Waals surface area contributed by atoms with Gasteiger partial charge in [-0.3, -0.25) is 9.59 Å². The van der Waals surface area contributed by atoms with Crippen LogP contribution in [0, 0.1) is 0 Å². The van der Waals surface area contributed by atoms with E-state index in [1.165, 1.54) is 12.3 Å². The summed E-state index contributed by atoms with van der Waals surface area (Å²) in [6.45, 7) is -0.566. The van der Waals surface area contributed by atoms with E-state index in [0.29, 0.717) is 10.8 Å². The number of carbonyl (C=O) groups excluding carboxylic acids is 1. The van der Waals surface area contributed by atoms with E-state index in [1.807, 2.05) is 0 Å². The van der Waals surface area contributed by atoms with Crippen molar-refractivity contribution in [3.8, 4) is 17.2 Å². The van der Waals surface area contributed by atoms with E-state index >= 15 is 0 Å². The van der Waals surface area contributed by atoms with Gasteiger partial charge >= 0.3 is 5.97 Å². The van der Waals surface area contributed by atoms with Crippen LogP contribution in [-0.2, 0) is 4.79 Å². The average molecular weight is 323 g/mol. The first-order valence-corrected chi connectivity index (χ1v) is 6.46. The lowest BCUT2D eigenvalue weighted by molar-refractivity contribution is -0.135. The smallest absolute Gasteiger partial charge is 0.322 e. The highest BCUT2D eigenvalue weighted by molar-refractivity contribution is 6.30. The number of carboxylic acid groups (broad SMARTS) is 1. The van der Waals surface area contributed by atoms with Crippen LogP contribution in [0.15, 0.2) is 36.5 Å². The first-order valence-electron chi connectivity index (χ1n) is 6.08. The Bertz CT molecular complexity index is 703. The molecule has 0 radical (unpaired) electrons. The van der Waals surface area contributed by atoms with E-state index < -0.39 is 24.2 Å². The molecule has 0 bridgehead atoms. The number of ether oxygens (including phenoxy) is 1. The molecule has 1 heterocycles. The third kappa shape index (κ3) is 4.10. The zero-order valence-electron chi connectivity index (χ0n) is 11.1. The van der Waals surface area contributed by atoms with Gasteiger partial charge in [0.05, 0.1) is 6.20 Å². The van der Waals surface area contributed by atoms with Crippen LogP contribution in [0.25, 0.3) is 0 Å². The van der Waals surface area contributed by atoms with Crippen molar-refractivity contribution in [1.82, 2.24) is 10.3 Å². The number of amides is 1. The minimum atomic E-state index is -1.20. The van der Waals surface area contributed by atoms with E-state index in [2.05, 4.69) is 10.3 Å². The molecule has 0 aliphatic heterocycles. The molecule has 3 N–H and O–H groups in total. The Morgan fingerprint density at radius 1 is 1.23 bits per heavy atom. The lowest BCUT2D eigenvalue weighted by Gasteiger charge is -2.08. The van der Waals surface area contributed by atoms with Crippen molar-refractivity contribution in [3.05, 3.63) is 47.2 Å². The molecular weight excluding hydrogens is 312 g/mol. The first kappa shape index (κ1) is 15.6. The molecule has 0 unspecified atom stereocenters. The van der Waals surface area contributed by atoms with Gasteiger partial charge in [-0.25, -0.2) is 4.98 Å². The van der Waals surface area contributed by atoms with Crippen LogP contribution in [0.4, 0.5) is 0 Å². The van der Waals surface area contributed by atoms with Gasteiger partial charge in [-0.1, -0.05) is 11.6 Å². The van der Waals surface area contributed by atoms with E-state index in [9.17, 15) is 14.7 Å². The summed E-state index contributed by atoms with van der Waals surface area (Å²) in [5.74, 6) is -1.72. The van der Waals surface area contributed by atoms with Crippen molar-refractivity contribution in [1.29, 1.82) is 0 Å². The molecule has 1 amide bonds. The van der Waals surface area contributed by atoms with Crippen molar-refractivity contribution >= 4 is 23.5 Å². The molecule has 7 nitrogen and oxygen atoms in total. The molecule has 114 valence electrons. The van der Waals surface area contributed by atoms with Gasteiger partial charge in [-0.05, 0) is 24.3 Å². The second-order valence-electron chi connectivity index (χ2n) is 4.17. The molecule has 0 atom stereocenters. The molecule has 0 aliphatic rings. The number of nitrogens with one attached hydrogen (secondary N) is 1. The molecule has 0 aliphatic carbocycles. The number of halogens is 1. The number of aliphatic carboxylic acids is 1. The Balaban J connectivity index is 2.10. The SMILES string of the molecule is O=C(O)CNC(=O)c1ncc(Oc2ccc(Cl)cc2)cc1O. The van der Waals surface area contributed by atoms with Gasteiger partial charge in [0.15, 0.2) is 11.4 Å². The van der Waals surface area contributed by atoms with Crippen LogP contribution < -0.4 is 10.1 Å². The summed E-state index contributed by atoms with van der Waals surface area (Å²) in [5.41, 5.74) is -0.287. The first-order chi connectivity index (χ1) is 10.5. The number of nitrogens with zero attached hydrogens (tertiary/aromatic N) is 1. The second kappa shape index (κ2) is 6.77. The molecular formula is C14H11ClN2O5. The lowest BCUT2D eigenvalue weighted by Crippen LogP contribution is -2.29. The summed E-state index contributed by atoms with van der Waals surface area (Å²) >= 11 is 5.75. The predicted octanol–water partition coefficient (Wildman–Crippen LogP) is 2.05. The Morgan fingerprint density at radius 3 is 2.50 bits per heavy atom. The van der Waals surface area contributed by atoms with Crippen LogP contribution >= 0.6 is 11.6 Å². The zero-order chi connectivity index (χ0) is 16.1. The summed E-state index contributed by atoms with van der Waals surface area (Å²) in [6.07, 6.45) is 1.24. The summed E-state index contributed by atoms with van der Waals surface area (Å²) < 4.78 is 5.44. The summed E-state index contributed by atoms with van der Waals surface area (Å²) in [5, 5.41) is 20.9. The molecule has 0 saturated heterocycles. The van der Waals surface area contributed by atoms with Gasteiger partial charge in [0.2, 0.25) is 0 Å². The molecule has 0 spiro atoms. The molecule has 2 rings (SSSR count). The fourth-order valence-electron chi connectivity index (χ4n) is 1.54. The fraction of sp³-hybridized carbons (Fsp3) is 0.0714. The molecule has 22 heavy (non-hydrogen) atoms. The fourth-order valence-corrected chi connectivity index (χ4v) is 1.67. The number of hydrogen-bond acceptors (Lipinski definition) is 5. The summed E-state index contributed by atoms with van der Waals surface area (Å²) in [6, 6.07) is 7.74. The Hall–Kier alpha value is -2.80. The van der Waals surface area contributed by atoms with Crippen molar-refractivity contribution in [2.24, 2.45) is 0 Å². The molecule has 8 heteroatoms. The second-order valence-corrected chi connectivity index (χ2v) is 4.61. The average Bonchev–Trinajstić information content (AvgIpc) is 2.47. The lowest BCUT2D eigenvalue weighted by atomic mass is 10.3. The number of carbonyl (C=O) groups is 2. The number of rotatable bonds is 5.